The molecule has 0 radical (unpaired) electrons. The molecule has 116 valence electrons. The van der Waals surface area contributed by atoms with Gasteiger partial charge < -0.3 is 15.8 Å². The normalized spacial score (nSPS) is 17.7. The van der Waals surface area contributed by atoms with Crippen molar-refractivity contribution in [2.24, 2.45) is 5.92 Å². The number of nitrogens with one attached hydrogen (secondary N) is 1. The Balaban J connectivity index is 1.95. The van der Waals surface area contributed by atoms with Crippen LogP contribution in [0.1, 0.15) is 24.2 Å². The Bertz CT molecular complexity index is 470. The van der Waals surface area contributed by atoms with Crippen LogP contribution in [0.2, 0.25) is 0 Å². The van der Waals surface area contributed by atoms with E-state index in [0.717, 1.165) is 26.3 Å². The van der Waals surface area contributed by atoms with E-state index in [2.05, 4.69) is 24.1 Å². The molecule has 1 unspecified atom stereocenters. The molecular formula is C16H25N3O2. The van der Waals surface area contributed by atoms with Gasteiger partial charge in [-0.05, 0) is 18.1 Å². The number of carbonyl (C=O) groups is 1. The first-order valence-corrected chi connectivity index (χ1v) is 7.54. The number of anilines is 1. The van der Waals surface area contributed by atoms with Gasteiger partial charge in [0.25, 0.3) is 5.91 Å². The molecule has 21 heavy (non-hydrogen) atoms. The third-order valence-electron chi connectivity index (χ3n) is 3.96. The Morgan fingerprint density at radius 1 is 1.33 bits per heavy atom. The molecule has 1 aliphatic rings. The average molecular weight is 291 g/mol. The van der Waals surface area contributed by atoms with Crippen LogP contribution in [0.5, 0.6) is 0 Å². The molecule has 1 atom stereocenters. The van der Waals surface area contributed by atoms with Crippen molar-refractivity contribution in [3.63, 3.8) is 0 Å². The lowest BCUT2D eigenvalue weighted by Crippen LogP contribution is -2.51. The first kappa shape index (κ1) is 15.8. The quantitative estimate of drug-likeness (QED) is 0.804. The molecule has 1 amide bonds. The summed E-state index contributed by atoms with van der Waals surface area (Å²) in [5.41, 5.74) is 6.90. The van der Waals surface area contributed by atoms with Crippen LogP contribution in [0, 0.1) is 5.92 Å². The molecule has 1 aromatic rings. The molecule has 3 N–H and O–H groups in total. The fraction of sp³-hybridized carbons (Fsp3) is 0.562. The van der Waals surface area contributed by atoms with Crippen LogP contribution >= 0.6 is 0 Å². The van der Waals surface area contributed by atoms with Crippen LogP contribution in [-0.2, 0) is 4.74 Å². The van der Waals surface area contributed by atoms with Crippen molar-refractivity contribution < 1.29 is 9.53 Å². The number of nitrogens with two attached hydrogens (primary N) is 1. The molecule has 1 fully saturated rings. The molecule has 0 spiro atoms. The number of nitrogens with zero attached hydrogens (tertiary/aromatic N) is 1. The molecule has 0 aliphatic carbocycles. The summed E-state index contributed by atoms with van der Waals surface area (Å²) in [6.07, 6.45) is 0. The van der Waals surface area contributed by atoms with E-state index in [1.807, 2.05) is 12.1 Å². The van der Waals surface area contributed by atoms with E-state index in [4.69, 9.17) is 10.5 Å². The van der Waals surface area contributed by atoms with Crippen molar-refractivity contribution in [3.05, 3.63) is 29.8 Å². The van der Waals surface area contributed by atoms with Gasteiger partial charge >= 0.3 is 0 Å². The van der Waals surface area contributed by atoms with Crippen LogP contribution < -0.4 is 11.1 Å². The maximum Gasteiger partial charge on any atom is 0.253 e. The lowest BCUT2D eigenvalue weighted by molar-refractivity contribution is 0.00673. The van der Waals surface area contributed by atoms with Crippen molar-refractivity contribution in [3.8, 4) is 0 Å². The Kier molecular flexibility index (Phi) is 5.59. The molecule has 1 saturated heterocycles. The molecule has 5 heteroatoms. The summed E-state index contributed by atoms with van der Waals surface area (Å²) >= 11 is 0. The number of carbonyl (C=O) groups excluding carboxylic acids is 1. The van der Waals surface area contributed by atoms with Gasteiger partial charge in [-0.2, -0.15) is 0 Å². The van der Waals surface area contributed by atoms with E-state index < -0.39 is 0 Å². The van der Waals surface area contributed by atoms with Crippen molar-refractivity contribution in [2.75, 3.05) is 38.6 Å². The summed E-state index contributed by atoms with van der Waals surface area (Å²) in [5.74, 6) is 0.364. The number of benzene rings is 1. The molecule has 0 bridgehead atoms. The number of nitrogen functional groups attached to an aromatic ring is 1. The second kappa shape index (κ2) is 7.43. The molecular weight excluding hydrogens is 266 g/mol. The molecule has 5 nitrogen and oxygen atoms in total. The van der Waals surface area contributed by atoms with Crippen molar-refractivity contribution in [1.82, 2.24) is 10.2 Å². The second-order valence-electron chi connectivity index (χ2n) is 5.76. The third kappa shape index (κ3) is 4.19. The predicted molar refractivity (Wildman–Crippen MR) is 84.2 cm³/mol. The highest BCUT2D eigenvalue weighted by atomic mass is 16.5. The van der Waals surface area contributed by atoms with Gasteiger partial charge in [0.05, 0.1) is 18.8 Å². The molecule has 1 aliphatic heterocycles. The lowest BCUT2D eigenvalue weighted by atomic mass is 10.0. The predicted octanol–water partition coefficient (Wildman–Crippen LogP) is 1.36. The Hall–Kier alpha value is -1.59. The van der Waals surface area contributed by atoms with Gasteiger partial charge in [0, 0.05) is 31.4 Å². The van der Waals surface area contributed by atoms with Crippen LogP contribution in [0.4, 0.5) is 5.69 Å². The zero-order chi connectivity index (χ0) is 15.2. The number of morpholine rings is 1. The van der Waals surface area contributed by atoms with Gasteiger partial charge in [-0.3, -0.25) is 9.69 Å². The van der Waals surface area contributed by atoms with Crippen molar-refractivity contribution in [1.29, 1.82) is 0 Å². The maximum absolute atomic E-state index is 12.2. The van der Waals surface area contributed by atoms with Crippen LogP contribution in [-0.4, -0.2) is 49.7 Å². The molecule has 0 saturated carbocycles. The van der Waals surface area contributed by atoms with Crippen molar-refractivity contribution >= 4 is 11.6 Å². The summed E-state index contributed by atoms with van der Waals surface area (Å²) in [4.78, 5) is 14.6. The topological polar surface area (TPSA) is 67.6 Å². The minimum Gasteiger partial charge on any atom is -0.398 e. The third-order valence-corrected chi connectivity index (χ3v) is 3.96. The van der Waals surface area contributed by atoms with Gasteiger partial charge in [-0.25, -0.2) is 0 Å². The average Bonchev–Trinajstić information content (AvgIpc) is 2.48. The number of ether oxygens (including phenoxy) is 1. The standard InChI is InChI=1S/C16H25N3O2/c1-12(2)15(19-7-9-21-10-8-19)11-18-16(20)13-5-3-4-6-14(13)17/h3-6,12,15H,7-11,17H2,1-2H3,(H,18,20). The highest BCUT2D eigenvalue weighted by Crippen LogP contribution is 2.14. The van der Waals surface area contributed by atoms with E-state index in [0.29, 0.717) is 29.8 Å². The van der Waals surface area contributed by atoms with E-state index >= 15 is 0 Å². The Labute approximate surface area is 126 Å². The van der Waals surface area contributed by atoms with Crippen LogP contribution in [0.3, 0.4) is 0 Å². The second-order valence-corrected chi connectivity index (χ2v) is 5.76. The number of hydrogen-bond acceptors (Lipinski definition) is 4. The van der Waals surface area contributed by atoms with E-state index in [1.54, 1.807) is 12.1 Å². The SMILES string of the molecule is CC(C)C(CNC(=O)c1ccccc1N)N1CCOCC1. The summed E-state index contributed by atoms with van der Waals surface area (Å²) in [6.45, 7) is 8.38. The lowest BCUT2D eigenvalue weighted by Gasteiger charge is -2.36. The monoisotopic (exact) mass is 291 g/mol. The van der Waals surface area contributed by atoms with Gasteiger partial charge in [0.15, 0.2) is 0 Å². The molecule has 1 aromatic carbocycles. The minimum atomic E-state index is -0.105. The molecule has 0 aromatic heterocycles. The highest BCUT2D eigenvalue weighted by molar-refractivity contribution is 5.99. The Morgan fingerprint density at radius 2 is 2.00 bits per heavy atom. The summed E-state index contributed by atoms with van der Waals surface area (Å²) in [7, 11) is 0. The van der Waals surface area contributed by atoms with Crippen LogP contribution in [0.15, 0.2) is 24.3 Å². The first-order chi connectivity index (χ1) is 10.1. The molecule has 1 heterocycles. The smallest absolute Gasteiger partial charge is 0.253 e. The van der Waals surface area contributed by atoms with Crippen LogP contribution in [0.25, 0.3) is 0 Å². The summed E-state index contributed by atoms with van der Waals surface area (Å²) in [6, 6.07) is 7.48. The molecule has 2 rings (SSSR count). The number of hydrogen-bond donors (Lipinski definition) is 2. The van der Waals surface area contributed by atoms with Gasteiger partial charge in [-0.15, -0.1) is 0 Å². The van der Waals surface area contributed by atoms with E-state index in [-0.39, 0.29) is 5.91 Å². The fourth-order valence-corrected chi connectivity index (χ4v) is 2.69. The number of amides is 1. The first-order valence-electron chi connectivity index (χ1n) is 7.54. The van der Waals surface area contributed by atoms with Crippen molar-refractivity contribution in [2.45, 2.75) is 19.9 Å². The number of rotatable bonds is 5. The summed E-state index contributed by atoms with van der Waals surface area (Å²) < 4.78 is 5.39. The fourth-order valence-electron chi connectivity index (χ4n) is 2.69. The summed E-state index contributed by atoms with van der Waals surface area (Å²) in [5, 5.41) is 3.02. The van der Waals surface area contributed by atoms with E-state index in [1.165, 1.54) is 0 Å². The van der Waals surface area contributed by atoms with Gasteiger partial charge in [0.1, 0.15) is 0 Å². The zero-order valence-electron chi connectivity index (χ0n) is 12.8. The van der Waals surface area contributed by atoms with Gasteiger partial charge in [-0.1, -0.05) is 26.0 Å². The minimum absolute atomic E-state index is 0.105. The largest absolute Gasteiger partial charge is 0.398 e. The zero-order valence-corrected chi connectivity index (χ0v) is 12.8. The maximum atomic E-state index is 12.2. The van der Waals surface area contributed by atoms with Gasteiger partial charge in [0.2, 0.25) is 0 Å². The van der Waals surface area contributed by atoms with E-state index in [9.17, 15) is 4.79 Å². The number of para-hydroxylation sites is 1. The highest BCUT2D eigenvalue weighted by Gasteiger charge is 2.24. The Morgan fingerprint density at radius 3 is 2.62 bits per heavy atom.